The van der Waals surface area contributed by atoms with Gasteiger partial charge in [-0.15, -0.1) is 0 Å². The van der Waals surface area contributed by atoms with Crippen LogP contribution in [0.4, 0.5) is 16.3 Å². The number of likely N-dealkylation sites (tertiary alicyclic amines) is 2. The first kappa shape index (κ1) is 19.8. The number of hydrogen-bond acceptors (Lipinski definition) is 5. The molecule has 0 spiro atoms. The average Bonchev–Trinajstić information content (AvgIpc) is 3.55. The second-order valence-electron chi connectivity index (χ2n) is 8.37. The Balaban J connectivity index is 1.28. The van der Waals surface area contributed by atoms with Crippen LogP contribution in [0, 0.1) is 0 Å². The highest BCUT2D eigenvalue weighted by Gasteiger charge is 2.30. The normalized spacial score (nSPS) is 19.3. The minimum absolute atomic E-state index is 0.00832. The van der Waals surface area contributed by atoms with Crippen LogP contribution < -0.4 is 10.6 Å². The summed E-state index contributed by atoms with van der Waals surface area (Å²) in [5.41, 5.74) is 3.62. The zero-order chi connectivity index (χ0) is 21.2. The quantitative estimate of drug-likeness (QED) is 0.662. The third kappa shape index (κ3) is 3.95. The predicted octanol–water partition coefficient (Wildman–Crippen LogP) is 3.53. The zero-order valence-electron chi connectivity index (χ0n) is 17.9. The number of amides is 2. The molecule has 31 heavy (non-hydrogen) atoms. The van der Waals surface area contributed by atoms with Crippen LogP contribution in [0.3, 0.4) is 0 Å². The van der Waals surface area contributed by atoms with Gasteiger partial charge in [0.05, 0.1) is 11.9 Å². The Labute approximate surface area is 182 Å². The summed E-state index contributed by atoms with van der Waals surface area (Å²) in [5, 5.41) is 6.16. The Hall–Kier alpha value is -3.13. The van der Waals surface area contributed by atoms with E-state index >= 15 is 0 Å². The van der Waals surface area contributed by atoms with E-state index < -0.39 is 0 Å². The molecule has 8 nitrogen and oxygen atoms in total. The highest BCUT2D eigenvalue weighted by Crippen LogP contribution is 2.26. The number of fused-ring (bicyclic) bond motifs is 1. The molecule has 8 heteroatoms. The van der Waals surface area contributed by atoms with Crippen molar-refractivity contribution in [3.8, 4) is 11.3 Å². The second kappa shape index (κ2) is 8.55. The molecule has 2 aromatic heterocycles. The van der Waals surface area contributed by atoms with E-state index in [4.69, 9.17) is 0 Å². The molecular formula is C23H29N7O. The number of urea groups is 1. The summed E-state index contributed by atoms with van der Waals surface area (Å²) < 4.78 is 2.01. The summed E-state index contributed by atoms with van der Waals surface area (Å²) in [5.74, 6) is 0.742. The van der Waals surface area contributed by atoms with Gasteiger partial charge in [0.1, 0.15) is 0 Å². The lowest BCUT2D eigenvalue weighted by molar-refractivity contribution is 0.186. The number of hydrogen-bond donors (Lipinski definition) is 2. The van der Waals surface area contributed by atoms with E-state index in [0.717, 1.165) is 54.3 Å². The predicted molar refractivity (Wildman–Crippen MR) is 122 cm³/mol. The number of carbonyl (C=O) groups excluding carboxylic acids is 1. The maximum absolute atomic E-state index is 12.9. The van der Waals surface area contributed by atoms with E-state index in [2.05, 4.69) is 25.5 Å². The largest absolute Gasteiger partial charge is 0.370 e. The van der Waals surface area contributed by atoms with Crippen LogP contribution in [0.1, 0.15) is 25.7 Å². The molecule has 1 atom stereocenters. The number of anilines is 2. The molecule has 4 heterocycles. The summed E-state index contributed by atoms with van der Waals surface area (Å²) in [7, 11) is 1.84. The molecule has 0 unspecified atom stereocenters. The number of benzene rings is 1. The van der Waals surface area contributed by atoms with Crippen molar-refractivity contribution >= 4 is 23.2 Å². The molecule has 1 aromatic carbocycles. The summed E-state index contributed by atoms with van der Waals surface area (Å²) >= 11 is 0. The molecule has 0 radical (unpaired) electrons. The second-order valence-corrected chi connectivity index (χ2v) is 8.37. The smallest absolute Gasteiger partial charge is 0.322 e. The van der Waals surface area contributed by atoms with Crippen LogP contribution in [0.15, 0.2) is 42.9 Å². The first-order valence-corrected chi connectivity index (χ1v) is 11.1. The van der Waals surface area contributed by atoms with Crippen LogP contribution in [-0.4, -0.2) is 69.5 Å². The van der Waals surface area contributed by atoms with Crippen molar-refractivity contribution in [2.45, 2.75) is 31.7 Å². The van der Waals surface area contributed by atoms with Crippen molar-refractivity contribution in [3.63, 3.8) is 0 Å². The lowest BCUT2D eigenvalue weighted by atomic mass is 10.1. The Morgan fingerprint density at radius 3 is 2.68 bits per heavy atom. The molecule has 162 valence electrons. The molecule has 2 amide bonds. The average molecular weight is 420 g/mol. The van der Waals surface area contributed by atoms with Gasteiger partial charge in [0.2, 0.25) is 0 Å². The monoisotopic (exact) mass is 419 g/mol. The lowest BCUT2D eigenvalue weighted by Gasteiger charge is -2.28. The minimum Gasteiger partial charge on any atom is -0.370 e. The molecule has 2 N–H and O–H groups in total. The Bertz CT molecular complexity index is 1060. The van der Waals surface area contributed by atoms with Gasteiger partial charge in [-0.05, 0) is 50.9 Å². The Kier molecular flexibility index (Phi) is 5.46. The van der Waals surface area contributed by atoms with Crippen molar-refractivity contribution < 1.29 is 4.79 Å². The number of rotatable bonds is 5. The molecule has 3 aromatic rings. The number of nitrogens with one attached hydrogen (secondary N) is 2. The molecule has 2 fully saturated rings. The molecule has 2 aliphatic heterocycles. The molecule has 5 rings (SSSR count). The van der Waals surface area contributed by atoms with Gasteiger partial charge >= 0.3 is 6.03 Å². The van der Waals surface area contributed by atoms with Gasteiger partial charge in [-0.25, -0.2) is 14.8 Å². The van der Waals surface area contributed by atoms with Gasteiger partial charge in [0.15, 0.2) is 11.5 Å². The number of nitrogens with zero attached hydrogens (tertiary/aromatic N) is 5. The van der Waals surface area contributed by atoms with E-state index in [0.29, 0.717) is 6.04 Å². The molecular weight excluding hydrogens is 390 g/mol. The number of imidazole rings is 1. The number of carbonyl (C=O) groups is 1. The van der Waals surface area contributed by atoms with Gasteiger partial charge < -0.3 is 20.4 Å². The molecule has 0 saturated carbocycles. The Morgan fingerprint density at radius 2 is 1.90 bits per heavy atom. The third-order valence-electron chi connectivity index (χ3n) is 6.40. The van der Waals surface area contributed by atoms with E-state index in [1.807, 2.05) is 53.0 Å². The fourth-order valence-electron chi connectivity index (χ4n) is 4.78. The highest BCUT2D eigenvalue weighted by atomic mass is 16.2. The van der Waals surface area contributed by atoms with Gasteiger partial charge in [0.25, 0.3) is 0 Å². The SMILES string of the molecule is CNc1nccn2c(-c3ccc(NC(=O)N4CCC[C@@H]4CN4CCCC4)cc3)cnc12. The summed E-state index contributed by atoms with van der Waals surface area (Å²) in [6.45, 7) is 4.18. The summed E-state index contributed by atoms with van der Waals surface area (Å²) in [6, 6.07) is 8.28. The molecule has 2 saturated heterocycles. The third-order valence-corrected chi connectivity index (χ3v) is 6.40. The van der Waals surface area contributed by atoms with Crippen LogP contribution in [0.25, 0.3) is 16.9 Å². The maximum Gasteiger partial charge on any atom is 0.322 e. The van der Waals surface area contributed by atoms with Gasteiger partial charge in [-0.3, -0.25) is 4.40 Å². The highest BCUT2D eigenvalue weighted by molar-refractivity contribution is 5.90. The van der Waals surface area contributed by atoms with Crippen LogP contribution in [0.2, 0.25) is 0 Å². The molecule has 0 aliphatic carbocycles. The first-order valence-electron chi connectivity index (χ1n) is 11.1. The zero-order valence-corrected chi connectivity index (χ0v) is 17.9. The van der Waals surface area contributed by atoms with Crippen molar-refractivity contribution in [3.05, 3.63) is 42.9 Å². The van der Waals surface area contributed by atoms with Crippen molar-refractivity contribution in [2.75, 3.05) is 43.9 Å². The fourth-order valence-corrected chi connectivity index (χ4v) is 4.78. The van der Waals surface area contributed by atoms with Gasteiger partial charge in [-0.2, -0.15) is 0 Å². The number of aromatic nitrogens is 3. The standard InChI is InChI=1S/C23H29N7O/c1-24-21-22-26-15-20(30(22)14-10-25-21)17-6-8-18(9-7-17)27-23(31)29-13-4-5-19(29)16-28-11-2-3-12-28/h6-10,14-15,19H,2-5,11-13,16H2,1H3,(H,24,25)(H,27,31)/t19-/m1/s1. The van der Waals surface area contributed by atoms with Crippen molar-refractivity contribution in [2.24, 2.45) is 0 Å². The topological polar surface area (TPSA) is 77.8 Å². The van der Waals surface area contributed by atoms with Crippen LogP contribution >= 0.6 is 0 Å². The fraction of sp³-hybridized carbons (Fsp3) is 0.435. The van der Waals surface area contributed by atoms with E-state index in [9.17, 15) is 4.79 Å². The molecule has 2 aliphatic rings. The van der Waals surface area contributed by atoms with E-state index in [1.165, 1.54) is 25.9 Å². The maximum atomic E-state index is 12.9. The Morgan fingerprint density at radius 1 is 1.10 bits per heavy atom. The van der Waals surface area contributed by atoms with Crippen molar-refractivity contribution in [1.29, 1.82) is 0 Å². The van der Waals surface area contributed by atoms with Crippen LogP contribution in [-0.2, 0) is 0 Å². The van der Waals surface area contributed by atoms with Crippen molar-refractivity contribution in [1.82, 2.24) is 24.2 Å². The minimum atomic E-state index is 0.00832. The molecule has 0 bridgehead atoms. The van der Waals surface area contributed by atoms with Crippen LogP contribution in [0.5, 0.6) is 0 Å². The van der Waals surface area contributed by atoms with Gasteiger partial charge in [0, 0.05) is 49.8 Å². The summed E-state index contributed by atoms with van der Waals surface area (Å²) in [6.07, 6.45) is 10.3. The van der Waals surface area contributed by atoms with Gasteiger partial charge in [-0.1, -0.05) is 12.1 Å². The van der Waals surface area contributed by atoms with E-state index in [1.54, 1.807) is 6.20 Å². The first-order chi connectivity index (χ1) is 15.2. The summed E-state index contributed by atoms with van der Waals surface area (Å²) in [4.78, 5) is 26.2. The lowest BCUT2D eigenvalue weighted by Crippen LogP contribution is -2.44. The van der Waals surface area contributed by atoms with E-state index in [-0.39, 0.29) is 6.03 Å².